The van der Waals surface area contributed by atoms with Gasteiger partial charge in [0.05, 0.1) is 35.2 Å². The molecule has 0 unspecified atom stereocenters. The Labute approximate surface area is 149 Å². The summed E-state index contributed by atoms with van der Waals surface area (Å²) in [5.41, 5.74) is 1.58. The molecule has 9 nitrogen and oxygen atoms in total. The SMILES string of the molecule is COC(=O)c1cnc(N(C)Cc2nc3ccccc3n2C)c([N+](=O)[O-])c1. The second-order valence-electron chi connectivity index (χ2n) is 5.75. The first-order valence-electron chi connectivity index (χ1n) is 7.76. The van der Waals surface area contributed by atoms with E-state index < -0.39 is 10.9 Å². The van der Waals surface area contributed by atoms with E-state index in [2.05, 4.69) is 14.7 Å². The van der Waals surface area contributed by atoms with Gasteiger partial charge in [-0.15, -0.1) is 0 Å². The van der Waals surface area contributed by atoms with Gasteiger partial charge in [0.2, 0.25) is 5.82 Å². The number of carbonyl (C=O) groups is 1. The van der Waals surface area contributed by atoms with Crippen molar-refractivity contribution in [1.29, 1.82) is 0 Å². The number of nitrogens with zero attached hydrogens (tertiary/aromatic N) is 5. The van der Waals surface area contributed by atoms with E-state index in [4.69, 9.17) is 0 Å². The summed E-state index contributed by atoms with van der Waals surface area (Å²) in [5, 5.41) is 11.4. The van der Waals surface area contributed by atoms with Crippen molar-refractivity contribution >= 4 is 28.5 Å². The predicted molar refractivity (Wildman–Crippen MR) is 95.1 cm³/mol. The Balaban J connectivity index is 1.96. The average molecular weight is 355 g/mol. The number of ether oxygens (including phenoxy) is 1. The molecule has 9 heteroatoms. The highest BCUT2D eigenvalue weighted by Gasteiger charge is 2.23. The van der Waals surface area contributed by atoms with Crippen LogP contribution in [0.25, 0.3) is 11.0 Å². The van der Waals surface area contributed by atoms with Crippen LogP contribution in [0.15, 0.2) is 36.5 Å². The lowest BCUT2D eigenvalue weighted by Gasteiger charge is -2.18. The van der Waals surface area contributed by atoms with Crippen LogP contribution in [-0.4, -0.2) is 39.6 Å². The van der Waals surface area contributed by atoms with Gasteiger partial charge in [-0.25, -0.2) is 14.8 Å². The van der Waals surface area contributed by atoms with Gasteiger partial charge >= 0.3 is 11.7 Å². The summed E-state index contributed by atoms with van der Waals surface area (Å²) in [7, 11) is 4.78. The monoisotopic (exact) mass is 355 g/mol. The van der Waals surface area contributed by atoms with E-state index in [-0.39, 0.29) is 17.1 Å². The zero-order valence-corrected chi connectivity index (χ0v) is 14.5. The molecular weight excluding hydrogens is 338 g/mol. The molecule has 134 valence electrons. The van der Waals surface area contributed by atoms with E-state index in [0.717, 1.165) is 16.9 Å². The molecule has 0 saturated heterocycles. The van der Waals surface area contributed by atoms with Crippen LogP contribution in [0, 0.1) is 10.1 Å². The zero-order valence-electron chi connectivity index (χ0n) is 14.5. The quantitative estimate of drug-likeness (QED) is 0.393. The van der Waals surface area contributed by atoms with Crippen molar-refractivity contribution in [3.05, 3.63) is 58.0 Å². The van der Waals surface area contributed by atoms with E-state index in [1.54, 1.807) is 11.9 Å². The van der Waals surface area contributed by atoms with Crippen LogP contribution in [0.4, 0.5) is 11.5 Å². The highest BCUT2D eigenvalue weighted by atomic mass is 16.6. The summed E-state index contributed by atoms with van der Waals surface area (Å²) < 4.78 is 6.52. The molecule has 0 radical (unpaired) electrons. The number of aromatic nitrogens is 3. The van der Waals surface area contributed by atoms with Crippen molar-refractivity contribution in [2.24, 2.45) is 7.05 Å². The topological polar surface area (TPSA) is 103 Å². The van der Waals surface area contributed by atoms with Crippen LogP contribution >= 0.6 is 0 Å². The minimum absolute atomic E-state index is 0.0269. The molecule has 0 fully saturated rings. The Kier molecular flexibility index (Phi) is 4.53. The minimum Gasteiger partial charge on any atom is -0.465 e. The van der Waals surface area contributed by atoms with Gasteiger partial charge in [0, 0.05) is 26.4 Å². The number of nitro groups is 1. The second-order valence-corrected chi connectivity index (χ2v) is 5.75. The number of aryl methyl sites for hydroxylation is 1. The number of esters is 1. The second kappa shape index (κ2) is 6.79. The number of carbonyl (C=O) groups excluding carboxylic acids is 1. The fraction of sp³-hybridized carbons (Fsp3) is 0.235. The molecule has 3 aromatic rings. The number of fused-ring (bicyclic) bond motifs is 1. The molecule has 0 aliphatic carbocycles. The lowest BCUT2D eigenvalue weighted by molar-refractivity contribution is -0.384. The average Bonchev–Trinajstić information content (AvgIpc) is 2.96. The van der Waals surface area contributed by atoms with Crippen LogP contribution in [0.2, 0.25) is 0 Å². The van der Waals surface area contributed by atoms with Crippen LogP contribution in [0.1, 0.15) is 16.2 Å². The maximum Gasteiger partial charge on any atom is 0.339 e. The van der Waals surface area contributed by atoms with E-state index in [1.807, 2.05) is 35.9 Å². The lowest BCUT2D eigenvalue weighted by Crippen LogP contribution is -2.21. The number of anilines is 1. The standard InChI is InChI=1S/C17H17N5O4/c1-20(10-15-19-12-6-4-5-7-13(12)21(15)2)16-14(22(24)25)8-11(9-18-16)17(23)26-3/h4-9H,10H2,1-3H3. The van der Waals surface area contributed by atoms with E-state index in [9.17, 15) is 14.9 Å². The molecule has 0 atom stereocenters. The Morgan fingerprint density at radius 2 is 2.12 bits per heavy atom. The summed E-state index contributed by atoms with van der Waals surface area (Å²) in [6, 6.07) is 8.86. The number of benzene rings is 1. The van der Waals surface area contributed by atoms with Gasteiger partial charge in [0.15, 0.2) is 0 Å². The van der Waals surface area contributed by atoms with Gasteiger partial charge in [-0.2, -0.15) is 0 Å². The van der Waals surface area contributed by atoms with Crippen LogP contribution in [-0.2, 0) is 18.3 Å². The summed E-state index contributed by atoms with van der Waals surface area (Å²) in [6.45, 7) is 0.316. The van der Waals surface area contributed by atoms with Crippen molar-refractivity contribution < 1.29 is 14.5 Å². The predicted octanol–water partition coefficient (Wildman–Crippen LogP) is 2.30. The smallest absolute Gasteiger partial charge is 0.339 e. The van der Waals surface area contributed by atoms with Gasteiger partial charge < -0.3 is 14.2 Å². The van der Waals surface area contributed by atoms with Gasteiger partial charge in [-0.3, -0.25) is 10.1 Å². The number of hydrogen-bond donors (Lipinski definition) is 0. The van der Waals surface area contributed by atoms with E-state index in [1.165, 1.54) is 19.4 Å². The highest BCUT2D eigenvalue weighted by Crippen LogP contribution is 2.27. The Bertz CT molecular complexity index is 998. The van der Waals surface area contributed by atoms with Gasteiger partial charge in [-0.05, 0) is 12.1 Å². The Morgan fingerprint density at radius 1 is 1.38 bits per heavy atom. The van der Waals surface area contributed by atoms with Gasteiger partial charge in [0.1, 0.15) is 5.82 Å². The first-order chi connectivity index (χ1) is 12.4. The molecule has 1 aromatic carbocycles. The third-order valence-electron chi connectivity index (χ3n) is 4.08. The minimum atomic E-state index is -0.676. The third-order valence-corrected chi connectivity index (χ3v) is 4.08. The molecule has 0 N–H and O–H groups in total. The molecule has 2 heterocycles. The van der Waals surface area contributed by atoms with Crippen molar-refractivity contribution in [2.45, 2.75) is 6.54 Å². The molecule has 0 saturated carbocycles. The lowest BCUT2D eigenvalue weighted by atomic mass is 10.2. The molecule has 0 amide bonds. The molecule has 0 aliphatic heterocycles. The first kappa shape index (κ1) is 17.3. The zero-order chi connectivity index (χ0) is 18.8. The Morgan fingerprint density at radius 3 is 2.77 bits per heavy atom. The van der Waals surface area contributed by atoms with Gasteiger partial charge in [-0.1, -0.05) is 12.1 Å². The van der Waals surface area contributed by atoms with Crippen LogP contribution in [0.5, 0.6) is 0 Å². The number of imidazole rings is 1. The highest BCUT2D eigenvalue weighted by molar-refractivity contribution is 5.90. The summed E-state index contributed by atoms with van der Waals surface area (Å²) >= 11 is 0. The number of methoxy groups -OCH3 is 1. The van der Waals surface area contributed by atoms with Crippen LogP contribution in [0.3, 0.4) is 0 Å². The maximum absolute atomic E-state index is 11.6. The van der Waals surface area contributed by atoms with Crippen molar-refractivity contribution in [1.82, 2.24) is 14.5 Å². The number of hydrogen-bond acceptors (Lipinski definition) is 7. The molecule has 3 rings (SSSR count). The normalized spacial score (nSPS) is 10.7. The van der Waals surface area contributed by atoms with Crippen LogP contribution < -0.4 is 4.90 Å². The summed E-state index contributed by atoms with van der Waals surface area (Å²) in [6.07, 6.45) is 1.26. The van der Waals surface area contributed by atoms with Crippen molar-refractivity contribution in [2.75, 3.05) is 19.1 Å². The molecule has 2 aromatic heterocycles. The fourth-order valence-corrected chi connectivity index (χ4v) is 2.73. The molecule has 0 bridgehead atoms. The summed E-state index contributed by atoms with van der Waals surface area (Å²) in [4.78, 5) is 32.7. The maximum atomic E-state index is 11.6. The summed E-state index contributed by atoms with van der Waals surface area (Å²) in [5.74, 6) is 0.210. The number of para-hydroxylation sites is 2. The number of pyridine rings is 1. The molecule has 0 aliphatic rings. The van der Waals surface area contributed by atoms with Crippen molar-refractivity contribution in [3.8, 4) is 0 Å². The number of rotatable bonds is 5. The first-order valence-corrected chi connectivity index (χ1v) is 7.76. The molecular formula is C17H17N5O4. The Hall–Kier alpha value is -3.49. The van der Waals surface area contributed by atoms with E-state index in [0.29, 0.717) is 6.54 Å². The third kappa shape index (κ3) is 3.06. The molecule has 26 heavy (non-hydrogen) atoms. The van der Waals surface area contributed by atoms with E-state index >= 15 is 0 Å². The molecule has 0 spiro atoms. The van der Waals surface area contributed by atoms with Crippen molar-refractivity contribution in [3.63, 3.8) is 0 Å². The largest absolute Gasteiger partial charge is 0.465 e. The van der Waals surface area contributed by atoms with Gasteiger partial charge in [0.25, 0.3) is 0 Å². The fourth-order valence-electron chi connectivity index (χ4n) is 2.73.